The lowest BCUT2D eigenvalue weighted by molar-refractivity contribution is -0.147. The molecule has 27 heavy (non-hydrogen) atoms. The van der Waals surface area contributed by atoms with Crippen molar-refractivity contribution < 1.29 is 26.4 Å². The van der Waals surface area contributed by atoms with Crippen LogP contribution in [0.2, 0.25) is 5.02 Å². The summed E-state index contributed by atoms with van der Waals surface area (Å²) < 4.78 is 55.5. The summed E-state index contributed by atoms with van der Waals surface area (Å²) in [6, 6.07) is 5.16. The zero-order chi connectivity index (χ0) is 19.8. The highest BCUT2D eigenvalue weighted by molar-refractivity contribution is 7.96. The van der Waals surface area contributed by atoms with Gasteiger partial charge >= 0.3 is 5.97 Å². The monoisotopic (exact) mass is 435 g/mol. The molecule has 150 valence electrons. The van der Waals surface area contributed by atoms with Gasteiger partial charge in [0, 0.05) is 11.1 Å². The number of sulfone groups is 2. The number of rotatable bonds is 4. The second-order valence-corrected chi connectivity index (χ2v) is 11.8. The molecule has 1 aromatic rings. The minimum atomic E-state index is -3.83. The number of hydrogen-bond acceptors (Lipinski definition) is 7. The van der Waals surface area contributed by atoms with Gasteiger partial charge in [-0.05, 0) is 50.2 Å². The molecular weight excluding hydrogens is 414 g/mol. The van der Waals surface area contributed by atoms with E-state index in [1.807, 2.05) is 4.90 Å². The van der Waals surface area contributed by atoms with E-state index in [0.29, 0.717) is 31.0 Å². The number of esters is 1. The Hall–Kier alpha value is -1.16. The predicted molar refractivity (Wildman–Crippen MR) is 101 cm³/mol. The van der Waals surface area contributed by atoms with Crippen LogP contribution in [0.25, 0.3) is 0 Å². The van der Waals surface area contributed by atoms with Gasteiger partial charge in [-0.3, -0.25) is 9.69 Å². The topological polar surface area (TPSA) is 97.8 Å². The van der Waals surface area contributed by atoms with E-state index in [1.54, 1.807) is 0 Å². The van der Waals surface area contributed by atoms with Crippen molar-refractivity contribution in [1.29, 1.82) is 0 Å². The quantitative estimate of drug-likeness (QED) is 0.654. The first-order chi connectivity index (χ1) is 12.6. The molecule has 10 heteroatoms. The molecule has 0 N–H and O–H groups in total. The number of nitrogens with zero attached hydrogens (tertiary/aromatic N) is 1. The second kappa shape index (κ2) is 7.69. The number of carbonyl (C=O) groups excluding carboxylic acids is 1. The van der Waals surface area contributed by atoms with Crippen molar-refractivity contribution in [3.05, 3.63) is 29.3 Å². The van der Waals surface area contributed by atoms with Crippen LogP contribution in [-0.4, -0.2) is 70.7 Å². The van der Waals surface area contributed by atoms with Gasteiger partial charge in [0.2, 0.25) is 0 Å². The first-order valence-corrected chi connectivity index (χ1v) is 12.4. The van der Waals surface area contributed by atoms with Crippen LogP contribution in [0.5, 0.6) is 0 Å². The molecule has 0 saturated carbocycles. The molecule has 2 fully saturated rings. The Kier molecular flexibility index (Phi) is 5.86. The number of carbonyl (C=O) groups is 1. The molecule has 7 nitrogen and oxygen atoms in total. The molecule has 0 bridgehead atoms. The highest BCUT2D eigenvalue weighted by atomic mass is 35.5. The van der Waals surface area contributed by atoms with Crippen LogP contribution in [0.3, 0.4) is 0 Å². The number of likely N-dealkylation sites (tertiary alicyclic amines) is 1. The Morgan fingerprint density at radius 2 is 1.74 bits per heavy atom. The van der Waals surface area contributed by atoms with E-state index in [-0.39, 0.29) is 28.3 Å². The molecule has 0 radical (unpaired) electrons. The smallest absolute Gasteiger partial charge is 0.308 e. The molecule has 0 aliphatic carbocycles. The Morgan fingerprint density at radius 1 is 1.15 bits per heavy atom. The number of ether oxygens (including phenoxy) is 1. The van der Waals surface area contributed by atoms with Gasteiger partial charge in [-0.1, -0.05) is 11.6 Å². The normalized spacial score (nSPS) is 26.7. The van der Waals surface area contributed by atoms with Crippen LogP contribution in [-0.2, 0) is 29.2 Å². The van der Waals surface area contributed by atoms with E-state index in [0.717, 1.165) is 0 Å². The third-order valence-corrected chi connectivity index (χ3v) is 9.73. The number of hydrogen-bond donors (Lipinski definition) is 0. The van der Waals surface area contributed by atoms with Crippen molar-refractivity contribution in [2.75, 3.05) is 31.7 Å². The number of piperidine rings is 1. The summed E-state index contributed by atoms with van der Waals surface area (Å²) in [5.74, 6) is -1.08. The summed E-state index contributed by atoms with van der Waals surface area (Å²) in [7, 11) is -5.96. The van der Waals surface area contributed by atoms with Crippen LogP contribution < -0.4 is 0 Å². The molecule has 0 aromatic heterocycles. The van der Waals surface area contributed by atoms with Crippen molar-refractivity contribution in [2.24, 2.45) is 5.92 Å². The highest BCUT2D eigenvalue weighted by Gasteiger charge is 2.48. The van der Waals surface area contributed by atoms with Crippen LogP contribution in [0, 0.1) is 5.92 Å². The van der Waals surface area contributed by atoms with Gasteiger partial charge in [-0.25, -0.2) is 16.8 Å². The van der Waals surface area contributed by atoms with Crippen LogP contribution in [0.4, 0.5) is 0 Å². The fourth-order valence-corrected chi connectivity index (χ4v) is 8.82. The van der Waals surface area contributed by atoms with Gasteiger partial charge < -0.3 is 4.74 Å². The third kappa shape index (κ3) is 4.31. The number of methoxy groups -OCH3 is 1. The molecule has 1 aromatic carbocycles. The summed E-state index contributed by atoms with van der Waals surface area (Å²) in [5, 5.41) is -0.618. The van der Waals surface area contributed by atoms with Gasteiger partial charge in [0.05, 0.1) is 34.7 Å². The maximum Gasteiger partial charge on any atom is 0.308 e. The first kappa shape index (κ1) is 20.6. The Labute approximate surface area is 164 Å². The third-order valence-electron chi connectivity index (χ3n) is 5.35. The second-order valence-electron chi connectivity index (χ2n) is 7.02. The Balaban J connectivity index is 1.84. The largest absolute Gasteiger partial charge is 0.469 e. The Bertz CT molecular complexity index is 905. The van der Waals surface area contributed by atoms with Crippen LogP contribution in [0.1, 0.15) is 12.8 Å². The van der Waals surface area contributed by atoms with Gasteiger partial charge in [0.25, 0.3) is 0 Å². The SMILES string of the molecule is COC(=O)C1CCN([C@H]2CS(=O)(=O)C[C@@H]2S(=O)(=O)c2ccc(Cl)cc2)CC1. The van der Waals surface area contributed by atoms with Gasteiger partial charge in [-0.2, -0.15) is 0 Å². The zero-order valence-corrected chi connectivity index (χ0v) is 17.3. The zero-order valence-electron chi connectivity index (χ0n) is 14.9. The van der Waals surface area contributed by atoms with Crippen molar-refractivity contribution in [3.8, 4) is 0 Å². The molecule has 0 amide bonds. The van der Waals surface area contributed by atoms with Gasteiger partial charge in [-0.15, -0.1) is 0 Å². The lowest BCUT2D eigenvalue weighted by atomic mass is 9.95. The lowest BCUT2D eigenvalue weighted by Crippen LogP contribution is -2.50. The van der Waals surface area contributed by atoms with Gasteiger partial charge in [0.1, 0.15) is 0 Å². The highest BCUT2D eigenvalue weighted by Crippen LogP contribution is 2.32. The summed E-state index contributed by atoms with van der Waals surface area (Å²) in [5.41, 5.74) is 0. The minimum absolute atomic E-state index is 0.0726. The molecule has 2 heterocycles. The van der Waals surface area contributed by atoms with E-state index in [9.17, 15) is 21.6 Å². The summed E-state index contributed by atoms with van der Waals surface area (Å²) in [6.45, 7) is 0.930. The van der Waals surface area contributed by atoms with Crippen molar-refractivity contribution >= 4 is 37.2 Å². The molecule has 0 unspecified atom stereocenters. The average Bonchev–Trinajstić information content (AvgIpc) is 2.98. The van der Waals surface area contributed by atoms with Crippen molar-refractivity contribution in [2.45, 2.75) is 29.0 Å². The molecule has 3 rings (SSSR count). The predicted octanol–water partition coefficient (Wildman–Crippen LogP) is 1.16. The van der Waals surface area contributed by atoms with E-state index < -0.39 is 31.0 Å². The van der Waals surface area contributed by atoms with E-state index in [4.69, 9.17) is 16.3 Å². The standard InChI is InChI=1S/C17H22ClNO6S2/c1-25-17(20)12-6-8-19(9-7-12)15-10-26(21,22)11-16(15)27(23,24)14-4-2-13(18)3-5-14/h2-5,12,15-16H,6-11H2,1H3/t15-,16-/m0/s1. The molecule has 2 aliphatic rings. The lowest BCUT2D eigenvalue weighted by Gasteiger charge is -2.36. The molecule has 0 spiro atoms. The average molecular weight is 436 g/mol. The Morgan fingerprint density at radius 3 is 2.30 bits per heavy atom. The van der Waals surface area contributed by atoms with E-state index in [1.165, 1.54) is 31.4 Å². The summed E-state index contributed by atoms with van der Waals surface area (Å²) >= 11 is 5.83. The molecule has 2 atom stereocenters. The van der Waals surface area contributed by atoms with E-state index >= 15 is 0 Å². The van der Waals surface area contributed by atoms with Crippen molar-refractivity contribution in [3.63, 3.8) is 0 Å². The first-order valence-electron chi connectivity index (χ1n) is 8.66. The number of benzene rings is 1. The van der Waals surface area contributed by atoms with E-state index in [2.05, 4.69) is 0 Å². The minimum Gasteiger partial charge on any atom is -0.469 e. The maximum atomic E-state index is 13.1. The summed E-state index contributed by atoms with van der Waals surface area (Å²) in [6.07, 6.45) is 1.05. The molecular formula is C17H22ClNO6S2. The maximum absolute atomic E-state index is 13.1. The molecule has 2 saturated heterocycles. The van der Waals surface area contributed by atoms with Crippen LogP contribution in [0.15, 0.2) is 29.2 Å². The molecule has 2 aliphatic heterocycles. The summed E-state index contributed by atoms with van der Waals surface area (Å²) in [4.78, 5) is 13.7. The fraction of sp³-hybridized carbons (Fsp3) is 0.588. The number of halogens is 1. The van der Waals surface area contributed by atoms with Crippen LogP contribution >= 0.6 is 11.6 Å². The fourth-order valence-electron chi connectivity index (χ4n) is 3.87. The van der Waals surface area contributed by atoms with Gasteiger partial charge in [0.15, 0.2) is 19.7 Å². The van der Waals surface area contributed by atoms with Crippen molar-refractivity contribution in [1.82, 2.24) is 4.90 Å².